The zero-order valence-corrected chi connectivity index (χ0v) is 16.7. The molecule has 146 valence electrons. The maximum atomic E-state index is 6.55. The van der Waals surface area contributed by atoms with Gasteiger partial charge in [0, 0.05) is 31.6 Å². The smallest absolute Gasteiger partial charge is 0.125 e. The molecule has 0 bridgehead atoms. The van der Waals surface area contributed by atoms with E-state index in [9.17, 15) is 0 Å². The maximum Gasteiger partial charge on any atom is 0.125 e. The minimum absolute atomic E-state index is 0.0649. The average molecular weight is 368 g/mol. The monoisotopic (exact) mass is 367 g/mol. The van der Waals surface area contributed by atoms with E-state index in [1.807, 2.05) is 7.05 Å². The molecule has 1 N–H and O–H groups in total. The van der Waals surface area contributed by atoms with Crippen LogP contribution in [0.15, 0.2) is 54.6 Å². The number of rotatable bonds is 8. The third-order valence-corrected chi connectivity index (χ3v) is 5.28. The van der Waals surface area contributed by atoms with Crippen molar-refractivity contribution in [3.05, 3.63) is 65.7 Å². The van der Waals surface area contributed by atoms with E-state index in [-0.39, 0.29) is 6.10 Å². The first-order chi connectivity index (χ1) is 13.3. The summed E-state index contributed by atoms with van der Waals surface area (Å²) in [5.74, 6) is 1.01. The first-order valence-electron chi connectivity index (χ1n) is 10.1. The Morgan fingerprint density at radius 1 is 0.963 bits per heavy atom. The van der Waals surface area contributed by atoms with E-state index in [0.29, 0.717) is 0 Å². The molecule has 1 unspecified atom stereocenters. The summed E-state index contributed by atoms with van der Waals surface area (Å²) < 4.78 is 6.55. The number of ether oxygens (including phenoxy) is 1. The van der Waals surface area contributed by atoms with Gasteiger partial charge in [0.15, 0.2) is 0 Å². The fraction of sp³-hybridized carbons (Fsp3) is 0.478. The van der Waals surface area contributed by atoms with Crippen LogP contribution in [0.2, 0.25) is 0 Å². The molecule has 3 rings (SSSR count). The molecule has 1 aliphatic rings. The Bertz CT molecular complexity index is 676. The topological polar surface area (TPSA) is 27.7 Å². The van der Waals surface area contributed by atoms with Crippen molar-refractivity contribution in [1.29, 1.82) is 0 Å². The lowest BCUT2D eigenvalue weighted by Crippen LogP contribution is -2.28. The molecule has 4 heteroatoms. The van der Waals surface area contributed by atoms with Crippen LogP contribution in [0.4, 0.5) is 0 Å². The van der Waals surface area contributed by atoms with Gasteiger partial charge in [0.1, 0.15) is 11.9 Å². The lowest BCUT2D eigenvalue weighted by Gasteiger charge is -2.24. The van der Waals surface area contributed by atoms with Crippen molar-refractivity contribution in [2.45, 2.75) is 25.5 Å². The third-order valence-electron chi connectivity index (χ3n) is 5.28. The molecular formula is C23H33N3O. The predicted octanol–water partition coefficient (Wildman–Crippen LogP) is 3.55. The molecular weight excluding hydrogens is 334 g/mol. The first-order valence-corrected chi connectivity index (χ1v) is 10.1. The van der Waals surface area contributed by atoms with Crippen LogP contribution in [0, 0.1) is 0 Å². The van der Waals surface area contributed by atoms with E-state index in [1.165, 1.54) is 24.1 Å². The van der Waals surface area contributed by atoms with Crippen molar-refractivity contribution in [2.75, 3.05) is 46.8 Å². The van der Waals surface area contributed by atoms with Crippen molar-refractivity contribution < 1.29 is 4.74 Å². The molecule has 0 spiro atoms. The second kappa shape index (κ2) is 10.5. The lowest BCUT2D eigenvalue weighted by molar-refractivity contribution is 0.188. The fourth-order valence-electron chi connectivity index (χ4n) is 3.64. The number of para-hydroxylation sites is 1. The molecule has 0 radical (unpaired) electrons. The molecule has 0 amide bonds. The van der Waals surface area contributed by atoms with Gasteiger partial charge in [-0.1, -0.05) is 48.5 Å². The van der Waals surface area contributed by atoms with Gasteiger partial charge in [-0.25, -0.2) is 0 Å². The second-order valence-corrected chi connectivity index (χ2v) is 7.45. The summed E-state index contributed by atoms with van der Waals surface area (Å²) in [6.45, 7) is 6.48. The van der Waals surface area contributed by atoms with Crippen molar-refractivity contribution in [3.8, 4) is 5.75 Å². The number of nitrogens with zero attached hydrogens (tertiary/aromatic N) is 2. The minimum atomic E-state index is 0.0649. The van der Waals surface area contributed by atoms with Crippen LogP contribution in [0.1, 0.15) is 30.1 Å². The van der Waals surface area contributed by atoms with Crippen LogP contribution in [-0.2, 0) is 6.54 Å². The molecule has 4 nitrogen and oxygen atoms in total. The quantitative estimate of drug-likeness (QED) is 0.772. The third kappa shape index (κ3) is 6.06. The SMILES string of the molecule is CNCCC(Oc1ccccc1CN1CCCN(C)CC1)c1ccccc1. The summed E-state index contributed by atoms with van der Waals surface area (Å²) in [7, 11) is 4.21. The Kier molecular flexibility index (Phi) is 7.69. The zero-order chi connectivity index (χ0) is 18.9. The van der Waals surface area contributed by atoms with Crippen molar-refractivity contribution in [2.24, 2.45) is 0 Å². The molecule has 1 atom stereocenters. The second-order valence-electron chi connectivity index (χ2n) is 7.45. The van der Waals surface area contributed by atoms with Crippen LogP contribution in [-0.4, -0.2) is 56.6 Å². The Labute approximate surface area is 164 Å². The van der Waals surface area contributed by atoms with Gasteiger partial charge in [0.2, 0.25) is 0 Å². The molecule has 0 aliphatic carbocycles. The number of likely N-dealkylation sites (N-methyl/N-ethyl adjacent to an activating group) is 1. The molecule has 27 heavy (non-hydrogen) atoms. The van der Waals surface area contributed by atoms with E-state index in [1.54, 1.807) is 0 Å². The standard InChI is InChI=1S/C23H33N3O/c1-24-14-13-23(20-9-4-3-5-10-20)27-22-12-7-6-11-21(22)19-26-16-8-15-25(2)17-18-26/h3-7,9-12,23-24H,8,13-19H2,1-2H3. The van der Waals surface area contributed by atoms with Crippen molar-refractivity contribution in [3.63, 3.8) is 0 Å². The van der Waals surface area contributed by atoms with Gasteiger partial charge < -0.3 is 15.0 Å². The van der Waals surface area contributed by atoms with E-state index in [2.05, 4.69) is 76.8 Å². The first kappa shape index (κ1) is 19.9. The highest BCUT2D eigenvalue weighted by Crippen LogP contribution is 2.28. The molecule has 1 aliphatic heterocycles. The molecule has 1 saturated heterocycles. The Morgan fingerprint density at radius 2 is 1.74 bits per heavy atom. The van der Waals surface area contributed by atoms with Crippen LogP contribution < -0.4 is 10.1 Å². The summed E-state index contributed by atoms with van der Waals surface area (Å²) in [4.78, 5) is 4.97. The number of hydrogen-bond acceptors (Lipinski definition) is 4. The normalized spacial score (nSPS) is 17.4. The van der Waals surface area contributed by atoms with Gasteiger partial charge in [-0.2, -0.15) is 0 Å². The van der Waals surface area contributed by atoms with Gasteiger partial charge in [0.25, 0.3) is 0 Å². The number of hydrogen-bond donors (Lipinski definition) is 1. The zero-order valence-electron chi connectivity index (χ0n) is 16.7. The summed E-state index contributed by atoms with van der Waals surface area (Å²) in [6.07, 6.45) is 2.24. The molecule has 0 saturated carbocycles. The Hall–Kier alpha value is -1.88. The molecule has 2 aromatic rings. The minimum Gasteiger partial charge on any atom is -0.485 e. The highest BCUT2D eigenvalue weighted by Gasteiger charge is 2.17. The van der Waals surface area contributed by atoms with E-state index in [4.69, 9.17) is 4.74 Å². The summed E-state index contributed by atoms with van der Waals surface area (Å²) in [5.41, 5.74) is 2.52. The number of benzene rings is 2. The van der Waals surface area contributed by atoms with Gasteiger partial charge in [-0.3, -0.25) is 4.90 Å². The van der Waals surface area contributed by atoms with Crippen LogP contribution >= 0.6 is 0 Å². The molecule has 2 aromatic carbocycles. The van der Waals surface area contributed by atoms with Crippen LogP contribution in [0.3, 0.4) is 0 Å². The van der Waals surface area contributed by atoms with E-state index in [0.717, 1.165) is 44.9 Å². The predicted molar refractivity (Wildman–Crippen MR) is 112 cm³/mol. The highest BCUT2D eigenvalue weighted by atomic mass is 16.5. The summed E-state index contributed by atoms with van der Waals surface area (Å²) >= 11 is 0. The summed E-state index contributed by atoms with van der Waals surface area (Å²) in [5, 5.41) is 3.25. The van der Waals surface area contributed by atoms with Crippen LogP contribution in [0.25, 0.3) is 0 Å². The van der Waals surface area contributed by atoms with Gasteiger partial charge in [-0.05, 0) is 51.8 Å². The van der Waals surface area contributed by atoms with E-state index >= 15 is 0 Å². The fourth-order valence-corrected chi connectivity index (χ4v) is 3.64. The van der Waals surface area contributed by atoms with Crippen LogP contribution in [0.5, 0.6) is 5.75 Å². The van der Waals surface area contributed by atoms with E-state index < -0.39 is 0 Å². The van der Waals surface area contributed by atoms with Gasteiger partial charge in [0.05, 0.1) is 0 Å². The average Bonchev–Trinajstić information content (AvgIpc) is 2.91. The molecule has 1 fully saturated rings. The van der Waals surface area contributed by atoms with Crippen molar-refractivity contribution in [1.82, 2.24) is 15.1 Å². The lowest BCUT2D eigenvalue weighted by atomic mass is 10.1. The number of nitrogens with one attached hydrogen (secondary N) is 1. The molecule has 1 heterocycles. The Balaban J connectivity index is 1.73. The van der Waals surface area contributed by atoms with Gasteiger partial charge in [-0.15, -0.1) is 0 Å². The molecule has 0 aromatic heterocycles. The van der Waals surface area contributed by atoms with Gasteiger partial charge >= 0.3 is 0 Å². The largest absolute Gasteiger partial charge is 0.485 e. The summed E-state index contributed by atoms with van der Waals surface area (Å²) in [6, 6.07) is 19.1. The highest BCUT2D eigenvalue weighted by molar-refractivity contribution is 5.34. The Morgan fingerprint density at radius 3 is 2.56 bits per heavy atom. The van der Waals surface area contributed by atoms with Crippen molar-refractivity contribution >= 4 is 0 Å². The maximum absolute atomic E-state index is 6.55.